The first kappa shape index (κ1) is 12.3. The summed E-state index contributed by atoms with van der Waals surface area (Å²) in [6.07, 6.45) is 0. The fraction of sp³-hybridized carbons (Fsp3) is 0.133. The molecule has 0 fully saturated rings. The third kappa shape index (κ3) is 2.57. The van der Waals surface area contributed by atoms with Gasteiger partial charge >= 0.3 is 0 Å². The number of amides is 1. The van der Waals surface area contributed by atoms with Gasteiger partial charge in [-0.15, -0.1) is 0 Å². The largest absolute Gasteiger partial charge is 0.316 e. The number of carbonyl (C=O) groups excluding carboxylic acids is 1. The van der Waals surface area contributed by atoms with Crippen LogP contribution >= 0.6 is 0 Å². The molecule has 0 aliphatic rings. The van der Waals surface area contributed by atoms with Crippen LogP contribution in [-0.4, -0.2) is 13.0 Å². The number of likely N-dealkylation sites (N-methyl/N-ethyl adjacent to an activating group) is 1. The molecule has 3 nitrogen and oxygen atoms in total. The molecule has 18 heavy (non-hydrogen) atoms. The standard InChI is InChI=1S/C15H16N2O/c1-17(13-10-6-3-7-11-13)15(18)14(16)12-8-4-2-5-9-12/h2-11,14H,16H2,1H3/t14-/m0/s1. The highest BCUT2D eigenvalue weighted by molar-refractivity contribution is 5.97. The van der Waals surface area contributed by atoms with Crippen LogP contribution in [0.15, 0.2) is 60.7 Å². The minimum atomic E-state index is -0.628. The maximum atomic E-state index is 12.2. The van der Waals surface area contributed by atoms with Gasteiger partial charge in [0.25, 0.3) is 0 Å². The smallest absolute Gasteiger partial charge is 0.248 e. The zero-order chi connectivity index (χ0) is 13.0. The molecule has 0 unspecified atom stereocenters. The van der Waals surface area contributed by atoms with E-state index < -0.39 is 6.04 Å². The van der Waals surface area contributed by atoms with E-state index in [0.29, 0.717) is 0 Å². The lowest BCUT2D eigenvalue weighted by Gasteiger charge is -2.21. The van der Waals surface area contributed by atoms with E-state index >= 15 is 0 Å². The third-order valence-electron chi connectivity index (χ3n) is 2.90. The topological polar surface area (TPSA) is 46.3 Å². The summed E-state index contributed by atoms with van der Waals surface area (Å²) in [5, 5.41) is 0. The first-order chi connectivity index (χ1) is 8.70. The van der Waals surface area contributed by atoms with Crippen LogP contribution in [0, 0.1) is 0 Å². The van der Waals surface area contributed by atoms with Crippen molar-refractivity contribution in [1.29, 1.82) is 0 Å². The van der Waals surface area contributed by atoms with Gasteiger partial charge in [0.15, 0.2) is 0 Å². The van der Waals surface area contributed by atoms with Gasteiger partial charge in [0.1, 0.15) is 6.04 Å². The highest BCUT2D eigenvalue weighted by Gasteiger charge is 2.20. The maximum Gasteiger partial charge on any atom is 0.248 e. The quantitative estimate of drug-likeness (QED) is 0.895. The van der Waals surface area contributed by atoms with Gasteiger partial charge in [0, 0.05) is 12.7 Å². The van der Waals surface area contributed by atoms with E-state index in [1.807, 2.05) is 60.7 Å². The maximum absolute atomic E-state index is 12.2. The number of nitrogens with two attached hydrogens (primary N) is 1. The number of hydrogen-bond donors (Lipinski definition) is 1. The fourth-order valence-electron chi connectivity index (χ4n) is 1.79. The molecule has 0 saturated carbocycles. The van der Waals surface area contributed by atoms with Crippen molar-refractivity contribution in [2.24, 2.45) is 5.73 Å². The highest BCUT2D eigenvalue weighted by atomic mass is 16.2. The van der Waals surface area contributed by atoms with Crippen molar-refractivity contribution >= 4 is 11.6 Å². The molecule has 0 bridgehead atoms. The van der Waals surface area contributed by atoms with Gasteiger partial charge in [-0.3, -0.25) is 4.79 Å². The van der Waals surface area contributed by atoms with Crippen LogP contribution < -0.4 is 10.6 Å². The summed E-state index contributed by atoms with van der Waals surface area (Å²) >= 11 is 0. The second-order valence-electron chi connectivity index (χ2n) is 4.12. The predicted octanol–water partition coefficient (Wildman–Crippen LogP) is 2.35. The molecule has 2 aromatic rings. The van der Waals surface area contributed by atoms with Crippen LogP contribution in [0.25, 0.3) is 0 Å². The first-order valence-electron chi connectivity index (χ1n) is 5.83. The number of hydrogen-bond acceptors (Lipinski definition) is 2. The van der Waals surface area contributed by atoms with Crippen LogP contribution in [0.3, 0.4) is 0 Å². The molecular formula is C15H16N2O. The Bertz CT molecular complexity index is 463. The van der Waals surface area contributed by atoms with Gasteiger partial charge in [-0.25, -0.2) is 0 Å². The summed E-state index contributed by atoms with van der Waals surface area (Å²) in [6, 6.07) is 18.2. The lowest BCUT2D eigenvalue weighted by Crippen LogP contribution is -2.35. The lowest BCUT2D eigenvalue weighted by atomic mass is 10.1. The van der Waals surface area contributed by atoms with E-state index in [2.05, 4.69) is 0 Å². The Morgan fingerprint density at radius 1 is 1.00 bits per heavy atom. The van der Waals surface area contributed by atoms with E-state index in [1.54, 1.807) is 11.9 Å². The molecule has 0 aromatic heterocycles. The number of anilines is 1. The van der Waals surface area contributed by atoms with Crippen LogP contribution in [0.5, 0.6) is 0 Å². The molecule has 0 heterocycles. The molecule has 0 aliphatic heterocycles. The van der Waals surface area contributed by atoms with Crippen LogP contribution in [0.2, 0.25) is 0 Å². The van der Waals surface area contributed by atoms with Crippen molar-refractivity contribution in [3.63, 3.8) is 0 Å². The van der Waals surface area contributed by atoms with Crippen molar-refractivity contribution in [2.45, 2.75) is 6.04 Å². The molecule has 2 N–H and O–H groups in total. The molecule has 1 amide bonds. The van der Waals surface area contributed by atoms with Crippen molar-refractivity contribution in [3.05, 3.63) is 66.2 Å². The summed E-state index contributed by atoms with van der Waals surface area (Å²) in [4.78, 5) is 13.8. The highest BCUT2D eigenvalue weighted by Crippen LogP contribution is 2.17. The average molecular weight is 240 g/mol. The zero-order valence-corrected chi connectivity index (χ0v) is 10.3. The fourth-order valence-corrected chi connectivity index (χ4v) is 1.79. The van der Waals surface area contributed by atoms with Crippen molar-refractivity contribution in [3.8, 4) is 0 Å². The predicted molar refractivity (Wildman–Crippen MR) is 73.2 cm³/mol. The number of rotatable bonds is 3. The summed E-state index contributed by atoms with van der Waals surface area (Å²) < 4.78 is 0. The molecule has 1 atom stereocenters. The normalized spacial score (nSPS) is 11.9. The van der Waals surface area contributed by atoms with Crippen molar-refractivity contribution < 1.29 is 4.79 Å². The summed E-state index contributed by atoms with van der Waals surface area (Å²) in [5.41, 5.74) is 7.65. The van der Waals surface area contributed by atoms with Gasteiger partial charge in [-0.1, -0.05) is 48.5 Å². The van der Waals surface area contributed by atoms with Crippen LogP contribution in [0.4, 0.5) is 5.69 Å². The molecule has 0 spiro atoms. The van der Waals surface area contributed by atoms with Gasteiger partial charge in [-0.2, -0.15) is 0 Å². The number of nitrogens with zero attached hydrogens (tertiary/aromatic N) is 1. The van der Waals surface area contributed by atoms with Crippen LogP contribution in [0.1, 0.15) is 11.6 Å². The van der Waals surface area contributed by atoms with Crippen LogP contribution in [-0.2, 0) is 4.79 Å². The number of carbonyl (C=O) groups is 1. The Hall–Kier alpha value is -2.13. The molecule has 3 heteroatoms. The molecule has 2 aromatic carbocycles. The summed E-state index contributed by atoms with van der Waals surface area (Å²) in [5.74, 6) is -0.118. The minimum Gasteiger partial charge on any atom is -0.316 e. The molecule has 2 rings (SSSR count). The molecule has 0 radical (unpaired) electrons. The Labute approximate surface area is 107 Å². The molecule has 0 aliphatic carbocycles. The zero-order valence-electron chi connectivity index (χ0n) is 10.3. The van der Waals surface area contributed by atoms with E-state index in [9.17, 15) is 4.79 Å². The van der Waals surface area contributed by atoms with Crippen molar-refractivity contribution in [1.82, 2.24) is 0 Å². The second-order valence-corrected chi connectivity index (χ2v) is 4.12. The SMILES string of the molecule is CN(C(=O)[C@@H](N)c1ccccc1)c1ccccc1. The minimum absolute atomic E-state index is 0.118. The van der Waals surface area contributed by atoms with E-state index in [4.69, 9.17) is 5.73 Å². The van der Waals surface area contributed by atoms with Gasteiger partial charge in [0.05, 0.1) is 0 Å². The van der Waals surface area contributed by atoms with E-state index in [-0.39, 0.29) is 5.91 Å². The van der Waals surface area contributed by atoms with Gasteiger partial charge in [0.2, 0.25) is 5.91 Å². The Kier molecular flexibility index (Phi) is 3.75. The van der Waals surface area contributed by atoms with Gasteiger partial charge in [-0.05, 0) is 17.7 Å². The third-order valence-corrected chi connectivity index (χ3v) is 2.90. The first-order valence-corrected chi connectivity index (χ1v) is 5.83. The Morgan fingerprint density at radius 3 is 2.06 bits per heavy atom. The Balaban J connectivity index is 2.17. The molecule has 92 valence electrons. The summed E-state index contributed by atoms with van der Waals surface area (Å²) in [6.45, 7) is 0. The Morgan fingerprint density at radius 2 is 1.50 bits per heavy atom. The lowest BCUT2D eigenvalue weighted by molar-refractivity contribution is -0.119. The van der Waals surface area contributed by atoms with Crippen molar-refractivity contribution in [2.75, 3.05) is 11.9 Å². The number of benzene rings is 2. The second kappa shape index (κ2) is 5.47. The molecule has 0 saturated heterocycles. The monoisotopic (exact) mass is 240 g/mol. The average Bonchev–Trinajstić information content (AvgIpc) is 2.47. The van der Waals surface area contributed by atoms with E-state index in [1.165, 1.54) is 0 Å². The van der Waals surface area contributed by atoms with E-state index in [0.717, 1.165) is 11.3 Å². The number of para-hydroxylation sites is 1. The summed E-state index contributed by atoms with van der Waals surface area (Å²) in [7, 11) is 1.74. The van der Waals surface area contributed by atoms with Gasteiger partial charge < -0.3 is 10.6 Å². The molecular weight excluding hydrogens is 224 g/mol.